The molecule has 0 atom stereocenters. The van der Waals surface area contributed by atoms with Crippen LogP contribution >= 0.6 is 0 Å². The number of nitrogens with one attached hydrogen (secondary N) is 1. The second-order valence-electron chi connectivity index (χ2n) is 4.71. The molecule has 0 aliphatic rings. The highest BCUT2D eigenvalue weighted by atomic mass is 32.2. The number of allylic oxidation sites excluding steroid dienone is 1. The molecule has 0 aliphatic carbocycles. The zero-order valence-electron chi connectivity index (χ0n) is 11.8. The molecule has 6 heteroatoms. The van der Waals surface area contributed by atoms with Gasteiger partial charge in [-0.25, -0.2) is 0 Å². The van der Waals surface area contributed by atoms with Gasteiger partial charge in [0, 0.05) is 13.0 Å². The maximum atomic E-state index is 11.4. The van der Waals surface area contributed by atoms with Crippen LogP contribution in [0.15, 0.2) is 11.6 Å². The molecule has 0 bridgehead atoms. The molecule has 0 saturated heterocycles. The number of carbonyl (C=O) groups excluding carboxylic acids is 1. The lowest BCUT2D eigenvalue weighted by Gasteiger charge is -2.04. The first kappa shape index (κ1) is 18.1. The first-order chi connectivity index (χ1) is 8.85. The molecule has 5 nitrogen and oxygen atoms in total. The number of amides is 1. The van der Waals surface area contributed by atoms with Crippen molar-refractivity contribution in [1.29, 1.82) is 0 Å². The van der Waals surface area contributed by atoms with Gasteiger partial charge in [0.2, 0.25) is 5.91 Å². The molecule has 0 aromatic rings. The van der Waals surface area contributed by atoms with Crippen LogP contribution in [-0.4, -0.2) is 31.2 Å². The summed E-state index contributed by atoms with van der Waals surface area (Å²) in [7, 11) is -4.00. The van der Waals surface area contributed by atoms with Crippen molar-refractivity contribution in [3.8, 4) is 0 Å². The molecule has 1 amide bonds. The molecule has 0 heterocycles. The Bertz CT molecular complexity index is 387. The van der Waals surface area contributed by atoms with E-state index in [0.29, 0.717) is 0 Å². The SMILES string of the molecule is CCCCCC/C=C(/C)CC(=O)NCCS(=O)(=O)O. The Kier molecular flexibility index (Phi) is 9.51. The minimum Gasteiger partial charge on any atom is -0.355 e. The Morgan fingerprint density at radius 3 is 2.53 bits per heavy atom. The second kappa shape index (κ2) is 9.97. The number of hydrogen-bond acceptors (Lipinski definition) is 3. The highest BCUT2D eigenvalue weighted by Gasteiger charge is 2.06. The van der Waals surface area contributed by atoms with E-state index in [1.54, 1.807) is 0 Å². The van der Waals surface area contributed by atoms with Crippen molar-refractivity contribution >= 4 is 16.0 Å². The molecule has 2 N–H and O–H groups in total. The molecule has 0 unspecified atom stereocenters. The van der Waals surface area contributed by atoms with Crippen LogP contribution in [0.2, 0.25) is 0 Å². The van der Waals surface area contributed by atoms with Gasteiger partial charge in [0.1, 0.15) is 0 Å². The summed E-state index contributed by atoms with van der Waals surface area (Å²) < 4.78 is 29.4. The number of rotatable bonds is 10. The van der Waals surface area contributed by atoms with E-state index in [2.05, 4.69) is 18.3 Å². The van der Waals surface area contributed by atoms with Gasteiger partial charge in [-0.3, -0.25) is 9.35 Å². The van der Waals surface area contributed by atoms with Crippen LogP contribution in [-0.2, 0) is 14.9 Å². The van der Waals surface area contributed by atoms with Gasteiger partial charge in [-0.15, -0.1) is 0 Å². The van der Waals surface area contributed by atoms with Gasteiger partial charge < -0.3 is 5.32 Å². The molecule has 0 saturated carbocycles. The zero-order chi connectivity index (χ0) is 14.7. The van der Waals surface area contributed by atoms with Crippen molar-refractivity contribution in [2.45, 2.75) is 52.4 Å². The van der Waals surface area contributed by atoms with E-state index < -0.39 is 15.9 Å². The lowest BCUT2D eigenvalue weighted by Crippen LogP contribution is -2.28. The summed E-state index contributed by atoms with van der Waals surface area (Å²) in [5.41, 5.74) is 0.987. The molecule has 0 rings (SSSR count). The zero-order valence-corrected chi connectivity index (χ0v) is 12.6. The monoisotopic (exact) mass is 291 g/mol. The van der Waals surface area contributed by atoms with Gasteiger partial charge in [-0.1, -0.05) is 37.8 Å². The second-order valence-corrected chi connectivity index (χ2v) is 6.28. The lowest BCUT2D eigenvalue weighted by atomic mass is 10.1. The first-order valence-electron chi connectivity index (χ1n) is 6.72. The fourth-order valence-corrected chi connectivity index (χ4v) is 1.99. The Morgan fingerprint density at radius 1 is 1.26 bits per heavy atom. The van der Waals surface area contributed by atoms with Crippen molar-refractivity contribution in [3.05, 3.63) is 11.6 Å². The van der Waals surface area contributed by atoms with Crippen LogP contribution in [0.5, 0.6) is 0 Å². The fraction of sp³-hybridized carbons (Fsp3) is 0.769. The van der Waals surface area contributed by atoms with Gasteiger partial charge in [-0.05, 0) is 19.8 Å². The molecule has 0 aromatic carbocycles. The Labute approximate surface area is 116 Å². The fourth-order valence-electron chi connectivity index (χ4n) is 1.63. The summed E-state index contributed by atoms with van der Waals surface area (Å²) >= 11 is 0. The van der Waals surface area contributed by atoms with Crippen LogP contribution in [0.25, 0.3) is 0 Å². The standard InChI is InChI=1S/C13H25NO4S/c1-3-4-5-6-7-8-12(2)11-13(15)14-9-10-19(16,17)18/h8H,3-7,9-11H2,1-2H3,(H,14,15)(H,16,17,18)/b12-8-. The van der Waals surface area contributed by atoms with E-state index >= 15 is 0 Å². The van der Waals surface area contributed by atoms with Crippen LogP contribution in [0.1, 0.15) is 52.4 Å². The average Bonchev–Trinajstić information content (AvgIpc) is 2.26. The number of unbranched alkanes of at least 4 members (excludes halogenated alkanes) is 4. The van der Waals surface area contributed by atoms with Gasteiger partial charge in [0.05, 0.1) is 5.75 Å². The Balaban J connectivity index is 3.76. The summed E-state index contributed by atoms with van der Waals surface area (Å²) in [6, 6.07) is 0. The Morgan fingerprint density at radius 2 is 1.95 bits per heavy atom. The average molecular weight is 291 g/mol. The number of hydrogen-bond donors (Lipinski definition) is 2. The van der Waals surface area contributed by atoms with E-state index in [4.69, 9.17) is 4.55 Å². The van der Waals surface area contributed by atoms with Gasteiger partial charge in [0.25, 0.3) is 10.1 Å². The van der Waals surface area contributed by atoms with Crippen LogP contribution in [0, 0.1) is 0 Å². The molecular formula is C13H25NO4S. The summed E-state index contributed by atoms with van der Waals surface area (Å²) in [6.45, 7) is 4.00. The predicted molar refractivity (Wildman–Crippen MR) is 76.6 cm³/mol. The van der Waals surface area contributed by atoms with Crippen molar-refractivity contribution in [3.63, 3.8) is 0 Å². The maximum Gasteiger partial charge on any atom is 0.266 e. The van der Waals surface area contributed by atoms with Crippen molar-refractivity contribution in [2.75, 3.05) is 12.3 Å². The van der Waals surface area contributed by atoms with Crippen molar-refractivity contribution < 1.29 is 17.8 Å². The van der Waals surface area contributed by atoms with E-state index in [1.165, 1.54) is 19.3 Å². The van der Waals surface area contributed by atoms with Gasteiger partial charge in [-0.2, -0.15) is 8.42 Å². The summed E-state index contributed by atoms with van der Waals surface area (Å²) in [6.07, 6.45) is 8.10. The normalized spacial score (nSPS) is 12.5. The van der Waals surface area contributed by atoms with E-state index in [-0.39, 0.29) is 18.9 Å². The third-order valence-corrected chi connectivity index (χ3v) is 3.39. The topological polar surface area (TPSA) is 83.5 Å². The van der Waals surface area contributed by atoms with E-state index in [1.807, 2.05) is 6.92 Å². The quantitative estimate of drug-likeness (QED) is 0.367. The third kappa shape index (κ3) is 13.4. The molecule has 19 heavy (non-hydrogen) atoms. The molecule has 0 aliphatic heterocycles. The van der Waals surface area contributed by atoms with Crippen molar-refractivity contribution in [2.24, 2.45) is 0 Å². The van der Waals surface area contributed by atoms with Gasteiger partial charge >= 0.3 is 0 Å². The minimum absolute atomic E-state index is 0.0541. The smallest absolute Gasteiger partial charge is 0.266 e. The van der Waals surface area contributed by atoms with Crippen LogP contribution < -0.4 is 5.32 Å². The van der Waals surface area contributed by atoms with Gasteiger partial charge in [0.15, 0.2) is 0 Å². The summed E-state index contributed by atoms with van der Waals surface area (Å²) in [4.78, 5) is 11.4. The van der Waals surface area contributed by atoms with Crippen LogP contribution in [0.4, 0.5) is 0 Å². The number of carbonyl (C=O) groups is 1. The predicted octanol–water partition coefficient (Wildman–Crippen LogP) is 2.30. The molecular weight excluding hydrogens is 266 g/mol. The largest absolute Gasteiger partial charge is 0.355 e. The minimum atomic E-state index is -4.00. The molecule has 0 fully saturated rings. The lowest BCUT2D eigenvalue weighted by molar-refractivity contribution is -0.120. The molecule has 0 spiro atoms. The van der Waals surface area contributed by atoms with Crippen LogP contribution in [0.3, 0.4) is 0 Å². The Hall–Kier alpha value is -0.880. The molecule has 0 radical (unpaired) electrons. The van der Waals surface area contributed by atoms with Crippen molar-refractivity contribution in [1.82, 2.24) is 5.32 Å². The third-order valence-electron chi connectivity index (χ3n) is 2.67. The molecule has 112 valence electrons. The highest BCUT2D eigenvalue weighted by molar-refractivity contribution is 7.85. The van der Waals surface area contributed by atoms with E-state index in [9.17, 15) is 13.2 Å². The molecule has 0 aromatic heterocycles. The first-order valence-corrected chi connectivity index (χ1v) is 8.33. The summed E-state index contributed by atoms with van der Waals surface area (Å²) in [5, 5.41) is 2.46. The van der Waals surface area contributed by atoms with E-state index in [0.717, 1.165) is 18.4 Å². The summed E-state index contributed by atoms with van der Waals surface area (Å²) in [5.74, 6) is -0.663. The highest BCUT2D eigenvalue weighted by Crippen LogP contribution is 2.07. The maximum absolute atomic E-state index is 11.4.